The van der Waals surface area contributed by atoms with E-state index >= 15 is 0 Å². The zero-order valence-corrected chi connectivity index (χ0v) is 15.1. The molecule has 0 aromatic heterocycles. The second kappa shape index (κ2) is 7.48. The molecule has 1 aromatic carbocycles. The second-order valence-corrected chi connectivity index (χ2v) is 7.55. The fourth-order valence-corrected chi connectivity index (χ4v) is 4.52. The van der Waals surface area contributed by atoms with Crippen molar-refractivity contribution >= 4 is 17.8 Å². The van der Waals surface area contributed by atoms with Gasteiger partial charge in [0.05, 0.1) is 5.41 Å². The number of carboxylic acids is 1. The van der Waals surface area contributed by atoms with Crippen LogP contribution in [0.2, 0.25) is 0 Å². The summed E-state index contributed by atoms with van der Waals surface area (Å²) in [6.07, 6.45) is 2.44. The molecule has 1 aliphatic carbocycles. The number of fused-ring (bicyclic) bond motifs is 1. The highest BCUT2D eigenvalue weighted by molar-refractivity contribution is 5.82. The lowest BCUT2D eigenvalue weighted by molar-refractivity contribution is -0.153. The molecule has 1 heterocycles. The van der Waals surface area contributed by atoms with Gasteiger partial charge in [-0.1, -0.05) is 30.3 Å². The van der Waals surface area contributed by atoms with Crippen molar-refractivity contribution in [2.75, 3.05) is 19.6 Å². The minimum atomic E-state index is -0.824. The lowest BCUT2D eigenvalue weighted by Crippen LogP contribution is -2.43. The third-order valence-corrected chi connectivity index (χ3v) is 5.97. The third-order valence-electron chi connectivity index (χ3n) is 5.97. The number of hydrogen-bond acceptors (Lipinski definition) is 3. The van der Waals surface area contributed by atoms with E-state index in [1.54, 1.807) is 4.90 Å². The van der Waals surface area contributed by atoms with Crippen molar-refractivity contribution in [2.24, 2.45) is 11.3 Å². The maximum Gasteiger partial charge on any atom is 0.311 e. The van der Waals surface area contributed by atoms with Crippen LogP contribution in [-0.2, 0) is 14.4 Å². The van der Waals surface area contributed by atoms with Gasteiger partial charge in [-0.3, -0.25) is 14.4 Å². The maximum atomic E-state index is 12.5. The standard InChI is InChI=1S/C20H26N2O4/c1-14(23)21-10-8-18(24)22-12-17-11-16(15-5-3-2-4-6-15)7-9-20(17,13-22)19(25)26/h2-6,16-17H,7-13H2,1H3,(H,21,23)(H,25,26)/t16-,17-,20-/m0/s1. The van der Waals surface area contributed by atoms with Crippen molar-refractivity contribution in [3.8, 4) is 0 Å². The number of nitrogens with one attached hydrogen (secondary N) is 1. The number of amides is 2. The zero-order chi connectivity index (χ0) is 18.7. The molecule has 6 nitrogen and oxygen atoms in total. The maximum absolute atomic E-state index is 12.5. The van der Waals surface area contributed by atoms with E-state index in [-0.39, 0.29) is 30.7 Å². The fraction of sp³-hybridized carbons (Fsp3) is 0.550. The Morgan fingerprint density at radius 3 is 2.65 bits per heavy atom. The first-order valence-corrected chi connectivity index (χ1v) is 9.23. The molecule has 1 aliphatic heterocycles. The van der Waals surface area contributed by atoms with Crippen LogP contribution in [0.15, 0.2) is 30.3 Å². The van der Waals surface area contributed by atoms with E-state index in [1.165, 1.54) is 12.5 Å². The molecule has 2 aliphatic rings. The number of carboxylic acid groups (broad SMARTS) is 1. The minimum absolute atomic E-state index is 0.0244. The topological polar surface area (TPSA) is 86.7 Å². The van der Waals surface area contributed by atoms with E-state index in [1.807, 2.05) is 18.2 Å². The van der Waals surface area contributed by atoms with E-state index in [2.05, 4.69) is 17.4 Å². The van der Waals surface area contributed by atoms with Crippen LogP contribution in [0.5, 0.6) is 0 Å². The smallest absolute Gasteiger partial charge is 0.311 e. The number of nitrogens with zero attached hydrogens (tertiary/aromatic N) is 1. The molecule has 2 N–H and O–H groups in total. The molecule has 3 atom stereocenters. The Kier molecular flexibility index (Phi) is 5.30. The van der Waals surface area contributed by atoms with Gasteiger partial charge in [0, 0.05) is 33.0 Å². The quantitative estimate of drug-likeness (QED) is 0.843. The number of carbonyl (C=O) groups excluding carboxylic acids is 2. The van der Waals surface area contributed by atoms with E-state index in [9.17, 15) is 19.5 Å². The average molecular weight is 358 g/mol. The van der Waals surface area contributed by atoms with Gasteiger partial charge in [-0.25, -0.2) is 0 Å². The molecule has 0 radical (unpaired) electrons. The van der Waals surface area contributed by atoms with Crippen LogP contribution >= 0.6 is 0 Å². The lowest BCUT2D eigenvalue weighted by Gasteiger charge is -2.38. The van der Waals surface area contributed by atoms with Gasteiger partial charge >= 0.3 is 5.97 Å². The Labute approximate surface area is 153 Å². The monoisotopic (exact) mass is 358 g/mol. The molecule has 2 amide bonds. The van der Waals surface area contributed by atoms with Gasteiger partial charge < -0.3 is 15.3 Å². The van der Waals surface area contributed by atoms with Crippen LogP contribution in [0, 0.1) is 11.3 Å². The lowest BCUT2D eigenvalue weighted by atomic mass is 9.64. The summed E-state index contributed by atoms with van der Waals surface area (Å²) in [5, 5.41) is 12.5. The summed E-state index contributed by atoms with van der Waals surface area (Å²) in [5.41, 5.74) is 0.427. The molecule has 0 bridgehead atoms. The third kappa shape index (κ3) is 3.59. The van der Waals surface area contributed by atoms with Crippen LogP contribution in [0.3, 0.4) is 0 Å². The molecule has 0 spiro atoms. The van der Waals surface area contributed by atoms with Crippen molar-refractivity contribution < 1.29 is 19.5 Å². The molecule has 2 fully saturated rings. The van der Waals surface area contributed by atoms with Crippen LogP contribution < -0.4 is 5.32 Å². The van der Waals surface area contributed by atoms with Gasteiger partial charge in [0.1, 0.15) is 0 Å². The first-order valence-electron chi connectivity index (χ1n) is 9.23. The summed E-state index contributed by atoms with van der Waals surface area (Å²) in [7, 11) is 0. The van der Waals surface area contributed by atoms with E-state index in [0.717, 1.165) is 12.8 Å². The summed E-state index contributed by atoms with van der Waals surface area (Å²) in [6.45, 7) is 2.49. The molecule has 1 saturated carbocycles. The van der Waals surface area contributed by atoms with Crippen LogP contribution in [-0.4, -0.2) is 47.4 Å². The molecule has 0 unspecified atom stereocenters. The highest BCUT2D eigenvalue weighted by Gasteiger charge is 2.55. The first kappa shape index (κ1) is 18.4. The van der Waals surface area contributed by atoms with Crippen LogP contribution in [0.1, 0.15) is 44.1 Å². The van der Waals surface area contributed by atoms with Gasteiger partial charge in [0.25, 0.3) is 0 Å². The summed E-state index contributed by atoms with van der Waals surface area (Å²) < 4.78 is 0. The summed E-state index contributed by atoms with van der Waals surface area (Å²) >= 11 is 0. The largest absolute Gasteiger partial charge is 0.481 e. The molecule has 26 heavy (non-hydrogen) atoms. The van der Waals surface area contributed by atoms with E-state index in [0.29, 0.717) is 25.4 Å². The molecular weight excluding hydrogens is 332 g/mol. The van der Waals surface area contributed by atoms with Crippen molar-refractivity contribution in [3.05, 3.63) is 35.9 Å². The van der Waals surface area contributed by atoms with Crippen molar-refractivity contribution in [1.82, 2.24) is 10.2 Å². The van der Waals surface area contributed by atoms with Crippen molar-refractivity contribution in [3.63, 3.8) is 0 Å². The fourth-order valence-electron chi connectivity index (χ4n) is 4.52. The average Bonchev–Trinajstić information content (AvgIpc) is 3.02. The van der Waals surface area contributed by atoms with Gasteiger partial charge in [-0.2, -0.15) is 0 Å². The molecule has 140 valence electrons. The highest BCUT2D eigenvalue weighted by atomic mass is 16.4. The number of aliphatic carboxylic acids is 1. The molecular formula is C20H26N2O4. The summed E-state index contributed by atoms with van der Waals surface area (Å²) in [4.78, 5) is 37.2. The molecule has 6 heteroatoms. The Balaban J connectivity index is 1.69. The van der Waals surface area contributed by atoms with Crippen LogP contribution in [0.25, 0.3) is 0 Å². The van der Waals surface area contributed by atoms with Crippen LogP contribution in [0.4, 0.5) is 0 Å². The Morgan fingerprint density at radius 1 is 1.27 bits per heavy atom. The number of hydrogen-bond donors (Lipinski definition) is 2. The first-order chi connectivity index (χ1) is 12.4. The van der Waals surface area contributed by atoms with Gasteiger partial charge in [0.2, 0.25) is 11.8 Å². The zero-order valence-electron chi connectivity index (χ0n) is 15.1. The molecule has 3 rings (SSSR count). The van der Waals surface area contributed by atoms with Gasteiger partial charge in [-0.15, -0.1) is 0 Å². The van der Waals surface area contributed by atoms with Gasteiger partial charge in [0.15, 0.2) is 0 Å². The molecule has 1 aromatic rings. The number of likely N-dealkylation sites (tertiary alicyclic amines) is 1. The Bertz CT molecular complexity index is 690. The number of rotatable bonds is 5. The number of benzene rings is 1. The minimum Gasteiger partial charge on any atom is -0.481 e. The number of carbonyl (C=O) groups is 3. The predicted octanol–water partition coefficient (Wildman–Crippen LogP) is 2.01. The Hall–Kier alpha value is -2.37. The van der Waals surface area contributed by atoms with Crippen molar-refractivity contribution in [1.29, 1.82) is 0 Å². The van der Waals surface area contributed by atoms with Crippen molar-refractivity contribution in [2.45, 2.75) is 38.5 Å². The highest BCUT2D eigenvalue weighted by Crippen LogP contribution is 2.51. The normalized spacial score (nSPS) is 27.7. The van der Waals surface area contributed by atoms with Gasteiger partial charge in [-0.05, 0) is 36.7 Å². The summed E-state index contributed by atoms with van der Waals surface area (Å²) in [5.74, 6) is -0.705. The predicted molar refractivity (Wildman–Crippen MR) is 96.5 cm³/mol. The molecule has 1 saturated heterocycles. The second-order valence-electron chi connectivity index (χ2n) is 7.55. The SMILES string of the molecule is CC(=O)NCCC(=O)N1C[C@@H]2C[C@@H](c3ccccc3)CC[C@]2(C(=O)O)C1. The summed E-state index contributed by atoms with van der Waals surface area (Å²) in [6, 6.07) is 10.2. The van der Waals surface area contributed by atoms with E-state index < -0.39 is 11.4 Å². The van der Waals surface area contributed by atoms with E-state index in [4.69, 9.17) is 0 Å². The Morgan fingerprint density at radius 2 is 2.00 bits per heavy atom.